The topological polar surface area (TPSA) is 64.8 Å². The van der Waals surface area contributed by atoms with Crippen LogP contribution in [0, 0.1) is 0 Å². The molecule has 2 N–H and O–H groups in total. The van der Waals surface area contributed by atoms with Gasteiger partial charge in [0.15, 0.2) is 17.6 Å². The molecule has 0 saturated carbocycles. The number of rotatable bonds is 7. The molecule has 5 nitrogen and oxygen atoms in total. The van der Waals surface area contributed by atoms with Crippen LogP contribution in [0.5, 0.6) is 11.5 Å². The van der Waals surface area contributed by atoms with E-state index in [9.17, 15) is 4.79 Å². The number of carbonyl (C=O) groups is 1. The SMILES string of the molecule is CCCN(CC1COc2ccccc2O1)C(=O)CC(N)c1ccccc1. The molecule has 1 heterocycles. The summed E-state index contributed by atoms with van der Waals surface area (Å²) in [6, 6.07) is 17.0. The van der Waals surface area contributed by atoms with Crippen LogP contribution in [0.15, 0.2) is 54.6 Å². The Kier molecular flexibility index (Phi) is 6.12. The van der Waals surface area contributed by atoms with Gasteiger partial charge in [-0.15, -0.1) is 0 Å². The van der Waals surface area contributed by atoms with Crippen LogP contribution in [0.4, 0.5) is 0 Å². The highest BCUT2D eigenvalue weighted by atomic mass is 16.6. The number of nitrogens with two attached hydrogens (primary N) is 1. The number of benzene rings is 2. The molecule has 0 spiro atoms. The van der Waals surface area contributed by atoms with Gasteiger partial charge in [0, 0.05) is 19.0 Å². The van der Waals surface area contributed by atoms with Gasteiger partial charge >= 0.3 is 0 Å². The summed E-state index contributed by atoms with van der Waals surface area (Å²) in [5.74, 6) is 1.53. The first-order chi connectivity index (χ1) is 12.7. The summed E-state index contributed by atoms with van der Waals surface area (Å²) in [6.07, 6.45) is 0.998. The minimum absolute atomic E-state index is 0.0469. The second-order valence-corrected chi connectivity index (χ2v) is 6.56. The van der Waals surface area contributed by atoms with Crippen molar-refractivity contribution in [3.8, 4) is 11.5 Å². The Labute approximate surface area is 154 Å². The monoisotopic (exact) mass is 354 g/mol. The first-order valence-electron chi connectivity index (χ1n) is 9.14. The lowest BCUT2D eigenvalue weighted by molar-refractivity contribution is -0.133. The van der Waals surface area contributed by atoms with E-state index in [1.807, 2.05) is 59.5 Å². The van der Waals surface area contributed by atoms with Crippen LogP contribution in [0.2, 0.25) is 0 Å². The molecule has 5 heteroatoms. The van der Waals surface area contributed by atoms with E-state index in [1.165, 1.54) is 0 Å². The Morgan fingerprint density at radius 1 is 1.15 bits per heavy atom. The van der Waals surface area contributed by atoms with Gasteiger partial charge in [0.2, 0.25) is 5.91 Å². The molecule has 0 radical (unpaired) electrons. The van der Waals surface area contributed by atoms with Crippen LogP contribution < -0.4 is 15.2 Å². The largest absolute Gasteiger partial charge is 0.486 e. The third kappa shape index (κ3) is 4.55. The Morgan fingerprint density at radius 2 is 1.85 bits per heavy atom. The molecule has 0 aromatic heterocycles. The van der Waals surface area contributed by atoms with E-state index < -0.39 is 0 Å². The predicted octanol–water partition coefficient (Wildman–Crippen LogP) is 3.16. The molecule has 2 aromatic carbocycles. The lowest BCUT2D eigenvalue weighted by Gasteiger charge is -2.31. The van der Waals surface area contributed by atoms with Gasteiger partial charge < -0.3 is 20.1 Å². The van der Waals surface area contributed by atoms with E-state index in [0.29, 0.717) is 19.7 Å². The van der Waals surface area contributed by atoms with Crippen LogP contribution in [-0.4, -0.2) is 36.6 Å². The maximum atomic E-state index is 12.8. The number of fused-ring (bicyclic) bond motifs is 1. The summed E-state index contributed by atoms with van der Waals surface area (Å²) in [6.45, 7) is 3.69. The van der Waals surface area contributed by atoms with E-state index in [2.05, 4.69) is 6.92 Å². The maximum Gasteiger partial charge on any atom is 0.224 e. The molecule has 138 valence electrons. The van der Waals surface area contributed by atoms with Gasteiger partial charge in [0.1, 0.15) is 6.61 Å². The maximum absolute atomic E-state index is 12.8. The minimum atomic E-state index is -0.299. The Morgan fingerprint density at radius 3 is 2.58 bits per heavy atom. The zero-order chi connectivity index (χ0) is 18.4. The van der Waals surface area contributed by atoms with Crippen molar-refractivity contribution in [1.29, 1.82) is 0 Å². The van der Waals surface area contributed by atoms with Gasteiger partial charge in [-0.25, -0.2) is 0 Å². The van der Waals surface area contributed by atoms with E-state index >= 15 is 0 Å². The van der Waals surface area contributed by atoms with Crippen molar-refractivity contribution in [2.24, 2.45) is 5.73 Å². The van der Waals surface area contributed by atoms with Crippen molar-refractivity contribution in [1.82, 2.24) is 4.90 Å². The average Bonchev–Trinajstić information content (AvgIpc) is 2.68. The molecule has 2 unspecified atom stereocenters. The van der Waals surface area contributed by atoms with Gasteiger partial charge in [0.25, 0.3) is 0 Å². The standard InChI is InChI=1S/C21H26N2O3/c1-2-12-23(21(24)13-18(22)16-8-4-3-5-9-16)14-17-15-25-19-10-6-7-11-20(19)26-17/h3-11,17-18H,2,12-15,22H2,1H3. The number of amides is 1. The highest BCUT2D eigenvalue weighted by molar-refractivity contribution is 5.77. The minimum Gasteiger partial charge on any atom is -0.486 e. The Balaban J connectivity index is 1.61. The molecule has 2 atom stereocenters. The summed E-state index contributed by atoms with van der Waals surface area (Å²) in [7, 11) is 0. The summed E-state index contributed by atoms with van der Waals surface area (Å²) in [5.41, 5.74) is 7.20. The second kappa shape index (κ2) is 8.72. The molecule has 2 aromatic rings. The third-order valence-corrected chi connectivity index (χ3v) is 4.46. The summed E-state index contributed by atoms with van der Waals surface area (Å²) < 4.78 is 11.8. The van der Waals surface area contributed by atoms with Crippen molar-refractivity contribution >= 4 is 5.91 Å². The fraction of sp³-hybridized carbons (Fsp3) is 0.381. The average molecular weight is 354 g/mol. The summed E-state index contributed by atoms with van der Waals surface area (Å²) in [5, 5.41) is 0. The first-order valence-corrected chi connectivity index (χ1v) is 9.14. The lowest BCUT2D eigenvalue weighted by atomic mass is 10.0. The van der Waals surface area contributed by atoms with Crippen molar-refractivity contribution in [3.63, 3.8) is 0 Å². The fourth-order valence-corrected chi connectivity index (χ4v) is 3.12. The van der Waals surface area contributed by atoms with E-state index in [4.69, 9.17) is 15.2 Å². The van der Waals surface area contributed by atoms with Gasteiger partial charge in [-0.3, -0.25) is 4.79 Å². The summed E-state index contributed by atoms with van der Waals surface area (Å²) in [4.78, 5) is 14.6. The number of para-hydroxylation sites is 2. The first kappa shape index (κ1) is 18.3. The highest BCUT2D eigenvalue weighted by Gasteiger charge is 2.26. The highest BCUT2D eigenvalue weighted by Crippen LogP contribution is 2.31. The molecule has 1 amide bonds. The van der Waals surface area contributed by atoms with Gasteiger partial charge in [-0.1, -0.05) is 49.4 Å². The van der Waals surface area contributed by atoms with Crippen molar-refractivity contribution in [2.45, 2.75) is 31.9 Å². The Hall–Kier alpha value is -2.53. The number of hydrogen-bond donors (Lipinski definition) is 1. The second-order valence-electron chi connectivity index (χ2n) is 6.56. The predicted molar refractivity (Wildman–Crippen MR) is 101 cm³/mol. The van der Waals surface area contributed by atoms with E-state index in [0.717, 1.165) is 23.5 Å². The molecule has 0 bridgehead atoms. The molecule has 26 heavy (non-hydrogen) atoms. The smallest absolute Gasteiger partial charge is 0.224 e. The van der Waals surface area contributed by atoms with Crippen LogP contribution in [0.1, 0.15) is 31.4 Å². The third-order valence-electron chi connectivity index (χ3n) is 4.46. The molecule has 0 saturated heterocycles. The van der Waals surface area contributed by atoms with Crippen LogP contribution >= 0.6 is 0 Å². The van der Waals surface area contributed by atoms with E-state index in [1.54, 1.807) is 0 Å². The lowest BCUT2D eigenvalue weighted by Crippen LogP contribution is -2.44. The molecule has 3 rings (SSSR count). The Bertz CT molecular complexity index is 720. The molecule has 0 aliphatic carbocycles. The van der Waals surface area contributed by atoms with E-state index in [-0.39, 0.29) is 24.5 Å². The van der Waals surface area contributed by atoms with Crippen LogP contribution in [0.3, 0.4) is 0 Å². The van der Waals surface area contributed by atoms with Gasteiger partial charge in [-0.05, 0) is 24.1 Å². The van der Waals surface area contributed by atoms with Crippen molar-refractivity contribution < 1.29 is 14.3 Å². The zero-order valence-electron chi connectivity index (χ0n) is 15.1. The number of hydrogen-bond acceptors (Lipinski definition) is 4. The normalized spacial score (nSPS) is 16.8. The fourth-order valence-electron chi connectivity index (χ4n) is 3.12. The summed E-state index contributed by atoms with van der Waals surface area (Å²) >= 11 is 0. The molecule has 1 aliphatic heterocycles. The van der Waals surface area contributed by atoms with Crippen LogP contribution in [-0.2, 0) is 4.79 Å². The zero-order valence-corrected chi connectivity index (χ0v) is 15.1. The molecular weight excluding hydrogens is 328 g/mol. The van der Waals surface area contributed by atoms with Crippen molar-refractivity contribution in [3.05, 3.63) is 60.2 Å². The van der Waals surface area contributed by atoms with Crippen LogP contribution in [0.25, 0.3) is 0 Å². The number of nitrogens with zero attached hydrogens (tertiary/aromatic N) is 1. The van der Waals surface area contributed by atoms with Gasteiger partial charge in [0.05, 0.1) is 6.54 Å². The molecular formula is C21H26N2O3. The van der Waals surface area contributed by atoms with Gasteiger partial charge in [-0.2, -0.15) is 0 Å². The van der Waals surface area contributed by atoms with Crippen molar-refractivity contribution in [2.75, 3.05) is 19.7 Å². The number of carbonyl (C=O) groups excluding carboxylic acids is 1. The quantitative estimate of drug-likeness (QED) is 0.829. The molecule has 0 fully saturated rings. The molecule has 1 aliphatic rings. The number of ether oxygens (including phenoxy) is 2.